The van der Waals surface area contributed by atoms with Crippen LogP contribution in [0.25, 0.3) is 5.57 Å². The molecule has 3 rings (SSSR count). The molecule has 0 spiro atoms. The molecule has 0 aliphatic heterocycles. The van der Waals surface area contributed by atoms with Gasteiger partial charge in [0.25, 0.3) is 0 Å². The summed E-state index contributed by atoms with van der Waals surface area (Å²) < 4.78 is 20.5. The molecule has 0 heterocycles. The largest absolute Gasteiger partial charge is 0.488 e. The van der Waals surface area contributed by atoms with Gasteiger partial charge in [-0.1, -0.05) is 76.7 Å². The van der Waals surface area contributed by atoms with E-state index in [0.29, 0.717) is 11.7 Å². The molecule has 0 saturated heterocycles. The lowest BCUT2D eigenvalue weighted by Gasteiger charge is -2.33. The van der Waals surface area contributed by atoms with Crippen LogP contribution in [0.15, 0.2) is 36.4 Å². The van der Waals surface area contributed by atoms with E-state index < -0.39 is 0 Å². The first-order valence-electron chi connectivity index (χ1n) is 12.5. The van der Waals surface area contributed by atoms with Gasteiger partial charge >= 0.3 is 0 Å². The lowest BCUT2D eigenvalue weighted by atomic mass is 9.73. The van der Waals surface area contributed by atoms with Gasteiger partial charge in [0.1, 0.15) is 0 Å². The molecular formula is C28H41FO. The minimum Gasteiger partial charge on any atom is -0.488 e. The lowest BCUT2D eigenvalue weighted by Crippen LogP contribution is -2.21. The number of halogens is 1. The molecule has 0 amide bonds. The third-order valence-corrected chi connectivity index (χ3v) is 7.26. The maximum Gasteiger partial charge on any atom is 0.165 e. The predicted octanol–water partition coefficient (Wildman–Crippen LogP) is 8.74. The Hall–Kier alpha value is -1.57. The van der Waals surface area contributed by atoms with Gasteiger partial charge < -0.3 is 4.74 Å². The van der Waals surface area contributed by atoms with Crippen molar-refractivity contribution in [2.45, 2.75) is 97.5 Å². The molecule has 0 aromatic heterocycles. The Bertz CT molecular complexity index is 711. The van der Waals surface area contributed by atoms with Crippen molar-refractivity contribution in [1.29, 1.82) is 0 Å². The number of hydrogen-bond donors (Lipinski definition) is 0. The fourth-order valence-corrected chi connectivity index (χ4v) is 5.14. The van der Waals surface area contributed by atoms with Gasteiger partial charge in [-0.15, -0.1) is 0 Å². The Morgan fingerprint density at radius 1 is 1.07 bits per heavy atom. The molecule has 1 aromatic rings. The van der Waals surface area contributed by atoms with E-state index in [-0.39, 0.29) is 11.9 Å². The van der Waals surface area contributed by atoms with E-state index in [1.807, 2.05) is 13.0 Å². The van der Waals surface area contributed by atoms with Gasteiger partial charge in [-0.2, -0.15) is 0 Å². The van der Waals surface area contributed by atoms with Crippen LogP contribution in [-0.4, -0.2) is 6.10 Å². The Balaban J connectivity index is 1.51. The zero-order chi connectivity index (χ0) is 21.3. The van der Waals surface area contributed by atoms with Crippen molar-refractivity contribution >= 4 is 5.57 Å². The monoisotopic (exact) mass is 412 g/mol. The molecule has 2 unspecified atom stereocenters. The van der Waals surface area contributed by atoms with Crippen molar-refractivity contribution < 1.29 is 9.13 Å². The average Bonchev–Trinajstić information content (AvgIpc) is 2.78. The third-order valence-electron chi connectivity index (χ3n) is 7.26. The summed E-state index contributed by atoms with van der Waals surface area (Å²) in [7, 11) is 0. The van der Waals surface area contributed by atoms with Crippen LogP contribution in [0.1, 0.15) is 97.0 Å². The molecule has 2 aliphatic rings. The van der Waals surface area contributed by atoms with Crippen LogP contribution in [0.2, 0.25) is 0 Å². The maximum absolute atomic E-state index is 14.7. The van der Waals surface area contributed by atoms with E-state index in [1.165, 1.54) is 51.4 Å². The van der Waals surface area contributed by atoms with Gasteiger partial charge in [0.15, 0.2) is 11.6 Å². The molecule has 0 N–H and O–H groups in total. The molecule has 30 heavy (non-hydrogen) atoms. The van der Waals surface area contributed by atoms with Crippen LogP contribution < -0.4 is 4.74 Å². The maximum atomic E-state index is 14.7. The third kappa shape index (κ3) is 6.46. The summed E-state index contributed by atoms with van der Waals surface area (Å²) in [5, 5.41) is 0. The standard InChI is InChI=1S/C28H41FO/c1-4-6-7-8-9-21(3)30-28-19-18-26(20-27(28)29)25-16-14-24(15-17-25)23-12-10-22(5-2)11-13-23/h14,16-24H,4-13,15H2,1-3H3. The van der Waals surface area contributed by atoms with Gasteiger partial charge in [-0.05, 0) is 80.1 Å². The first kappa shape index (κ1) is 23.1. The SMILES string of the molecule is CCCCCCC(C)Oc1ccc(C2=CCC(C3CCC(CC)CC3)C=C2)cc1F. The molecular weight excluding hydrogens is 371 g/mol. The number of hydrogen-bond acceptors (Lipinski definition) is 1. The Labute approximate surface area is 183 Å². The summed E-state index contributed by atoms with van der Waals surface area (Å²) in [4.78, 5) is 0. The number of unbranched alkanes of at least 4 members (excludes halogenated alkanes) is 3. The quantitative estimate of drug-likeness (QED) is 0.349. The summed E-state index contributed by atoms with van der Waals surface area (Å²) in [6.07, 6.45) is 20.8. The van der Waals surface area contributed by atoms with Crippen molar-refractivity contribution in [2.75, 3.05) is 0 Å². The molecule has 1 saturated carbocycles. The minimum atomic E-state index is -0.248. The normalized spacial score (nSPS) is 25.1. The lowest BCUT2D eigenvalue weighted by molar-refractivity contribution is 0.197. The number of benzene rings is 1. The predicted molar refractivity (Wildman–Crippen MR) is 126 cm³/mol. The van der Waals surface area contributed by atoms with Crippen molar-refractivity contribution in [3.05, 3.63) is 47.8 Å². The Morgan fingerprint density at radius 3 is 2.50 bits per heavy atom. The van der Waals surface area contributed by atoms with Crippen molar-refractivity contribution in [2.24, 2.45) is 17.8 Å². The molecule has 0 bridgehead atoms. The van der Waals surface area contributed by atoms with Crippen molar-refractivity contribution in [3.8, 4) is 5.75 Å². The van der Waals surface area contributed by atoms with Crippen LogP contribution in [0.4, 0.5) is 4.39 Å². The zero-order valence-electron chi connectivity index (χ0n) is 19.3. The van der Waals surface area contributed by atoms with Crippen molar-refractivity contribution in [1.82, 2.24) is 0 Å². The number of rotatable bonds is 10. The van der Waals surface area contributed by atoms with Crippen molar-refractivity contribution in [3.63, 3.8) is 0 Å². The first-order valence-corrected chi connectivity index (χ1v) is 12.5. The van der Waals surface area contributed by atoms with Gasteiger partial charge in [0.05, 0.1) is 6.10 Å². The summed E-state index contributed by atoms with van der Waals surface area (Å²) in [6.45, 7) is 6.58. The molecule has 2 heteroatoms. The molecule has 1 nitrogen and oxygen atoms in total. The molecule has 2 atom stereocenters. The second kappa shape index (κ2) is 11.7. The highest BCUT2D eigenvalue weighted by Gasteiger charge is 2.26. The van der Waals surface area contributed by atoms with Crippen LogP contribution >= 0.6 is 0 Å². The minimum absolute atomic E-state index is 0.0551. The molecule has 1 aromatic carbocycles. The van der Waals surface area contributed by atoms with Crippen LogP contribution in [0.5, 0.6) is 5.75 Å². The van der Waals surface area contributed by atoms with Gasteiger partial charge in [-0.25, -0.2) is 4.39 Å². The van der Waals surface area contributed by atoms with E-state index in [4.69, 9.17) is 4.74 Å². The average molecular weight is 413 g/mol. The molecule has 166 valence electrons. The van der Waals surface area contributed by atoms with E-state index in [2.05, 4.69) is 32.1 Å². The molecule has 2 aliphatic carbocycles. The summed E-state index contributed by atoms with van der Waals surface area (Å²) in [5.74, 6) is 2.57. The fourth-order valence-electron chi connectivity index (χ4n) is 5.14. The van der Waals surface area contributed by atoms with Crippen LogP contribution in [0.3, 0.4) is 0 Å². The van der Waals surface area contributed by atoms with Gasteiger partial charge in [0, 0.05) is 0 Å². The smallest absolute Gasteiger partial charge is 0.165 e. The van der Waals surface area contributed by atoms with E-state index >= 15 is 0 Å². The number of allylic oxidation sites excluding steroid dienone is 4. The van der Waals surface area contributed by atoms with E-state index in [0.717, 1.165) is 42.2 Å². The summed E-state index contributed by atoms with van der Waals surface area (Å²) in [6, 6.07) is 5.45. The van der Waals surface area contributed by atoms with Crippen LogP contribution in [-0.2, 0) is 0 Å². The number of ether oxygens (including phenoxy) is 1. The van der Waals surface area contributed by atoms with Crippen LogP contribution in [0, 0.1) is 23.6 Å². The fraction of sp³-hybridized carbons (Fsp3) is 0.643. The summed E-state index contributed by atoms with van der Waals surface area (Å²) >= 11 is 0. The Morgan fingerprint density at radius 2 is 1.87 bits per heavy atom. The highest BCUT2D eigenvalue weighted by atomic mass is 19.1. The highest BCUT2D eigenvalue weighted by molar-refractivity contribution is 5.75. The second-order valence-electron chi connectivity index (χ2n) is 9.53. The topological polar surface area (TPSA) is 9.23 Å². The van der Waals surface area contributed by atoms with Gasteiger partial charge in [0.2, 0.25) is 0 Å². The Kier molecular flexibility index (Phi) is 9.03. The highest BCUT2D eigenvalue weighted by Crippen LogP contribution is 2.39. The first-order chi connectivity index (χ1) is 14.6. The zero-order valence-corrected chi connectivity index (χ0v) is 19.3. The van der Waals surface area contributed by atoms with Gasteiger partial charge in [-0.3, -0.25) is 0 Å². The molecule has 0 radical (unpaired) electrons. The summed E-state index contributed by atoms with van der Waals surface area (Å²) in [5.41, 5.74) is 2.10. The van der Waals surface area contributed by atoms with E-state index in [9.17, 15) is 4.39 Å². The second-order valence-corrected chi connectivity index (χ2v) is 9.53. The van der Waals surface area contributed by atoms with E-state index in [1.54, 1.807) is 12.1 Å². The molecule has 1 fully saturated rings.